The number of hydrogen-bond acceptors (Lipinski definition) is 5. The summed E-state index contributed by atoms with van der Waals surface area (Å²) in [5, 5.41) is 3.47. The van der Waals surface area contributed by atoms with Gasteiger partial charge in [0.1, 0.15) is 11.9 Å². The quantitative estimate of drug-likeness (QED) is 0.851. The highest BCUT2D eigenvalue weighted by Gasteiger charge is 2.30. The predicted molar refractivity (Wildman–Crippen MR) is 105 cm³/mol. The van der Waals surface area contributed by atoms with Gasteiger partial charge in [0.15, 0.2) is 0 Å². The molecule has 1 aromatic heterocycles. The summed E-state index contributed by atoms with van der Waals surface area (Å²) in [5.41, 5.74) is 1.60. The second kappa shape index (κ2) is 8.41. The van der Waals surface area contributed by atoms with Crippen molar-refractivity contribution in [3.63, 3.8) is 0 Å². The molecule has 2 aromatic rings. The number of para-hydroxylation sites is 1. The number of nitrogens with zero attached hydrogens (tertiary/aromatic N) is 2. The Morgan fingerprint density at radius 2 is 1.96 bits per heavy atom. The van der Waals surface area contributed by atoms with Gasteiger partial charge in [-0.3, -0.25) is 9.69 Å². The van der Waals surface area contributed by atoms with Crippen LogP contribution < -0.4 is 5.32 Å². The smallest absolute Gasteiger partial charge is 0.257 e. The summed E-state index contributed by atoms with van der Waals surface area (Å²) in [6, 6.07) is 11.4. The highest BCUT2D eigenvalue weighted by Crippen LogP contribution is 2.26. The molecule has 0 radical (unpaired) electrons. The standard InChI is InChI=1S/C21H25N3O3/c25-21-18-6-1-2-7-19(18)22-20(9-8-17-5-3-14-27-17)24(21)11-4-10-23-12-15-26-16-13-23/h1-3,5-9,14,20,22H,4,10-13,15-16H2/b9-8+. The van der Waals surface area contributed by atoms with E-state index in [0.29, 0.717) is 6.54 Å². The number of carbonyl (C=O) groups excluding carboxylic acids is 1. The Hall–Kier alpha value is -2.57. The summed E-state index contributed by atoms with van der Waals surface area (Å²) in [6.45, 7) is 5.21. The van der Waals surface area contributed by atoms with Gasteiger partial charge in [0.05, 0.1) is 25.0 Å². The minimum Gasteiger partial charge on any atom is -0.465 e. The summed E-state index contributed by atoms with van der Waals surface area (Å²) in [4.78, 5) is 17.4. The van der Waals surface area contributed by atoms with Crippen molar-refractivity contribution in [3.05, 3.63) is 60.1 Å². The first-order chi connectivity index (χ1) is 13.3. The maximum atomic E-state index is 13.1. The van der Waals surface area contributed by atoms with Gasteiger partial charge in [0, 0.05) is 31.9 Å². The van der Waals surface area contributed by atoms with E-state index in [1.54, 1.807) is 6.26 Å². The van der Waals surface area contributed by atoms with Crippen LogP contribution in [0.25, 0.3) is 6.08 Å². The van der Waals surface area contributed by atoms with E-state index in [2.05, 4.69) is 10.2 Å². The van der Waals surface area contributed by atoms with Gasteiger partial charge in [-0.25, -0.2) is 0 Å². The zero-order valence-corrected chi connectivity index (χ0v) is 15.3. The highest BCUT2D eigenvalue weighted by atomic mass is 16.5. The number of benzene rings is 1. The number of furan rings is 1. The van der Waals surface area contributed by atoms with Crippen LogP contribution in [0.3, 0.4) is 0 Å². The van der Waals surface area contributed by atoms with Crippen LogP contribution in [0.2, 0.25) is 0 Å². The van der Waals surface area contributed by atoms with Crippen molar-refractivity contribution >= 4 is 17.7 Å². The summed E-state index contributed by atoms with van der Waals surface area (Å²) < 4.78 is 10.8. The summed E-state index contributed by atoms with van der Waals surface area (Å²) in [7, 11) is 0. The lowest BCUT2D eigenvalue weighted by molar-refractivity contribution is 0.0353. The fourth-order valence-corrected chi connectivity index (χ4v) is 3.57. The van der Waals surface area contributed by atoms with Gasteiger partial charge in [-0.15, -0.1) is 0 Å². The van der Waals surface area contributed by atoms with E-state index >= 15 is 0 Å². The molecule has 142 valence electrons. The average molecular weight is 367 g/mol. The van der Waals surface area contributed by atoms with Crippen LogP contribution in [0, 0.1) is 0 Å². The normalized spacial score (nSPS) is 20.7. The molecule has 0 spiro atoms. The number of hydrogen-bond donors (Lipinski definition) is 1. The van der Waals surface area contributed by atoms with E-state index in [1.807, 2.05) is 53.5 Å². The zero-order chi connectivity index (χ0) is 18.5. The molecule has 6 heteroatoms. The molecule has 1 saturated heterocycles. The predicted octanol–water partition coefficient (Wildman–Crippen LogP) is 2.91. The molecular weight excluding hydrogens is 342 g/mol. The van der Waals surface area contributed by atoms with Crippen LogP contribution in [0.5, 0.6) is 0 Å². The Kier molecular flexibility index (Phi) is 5.55. The Balaban J connectivity index is 1.47. The van der Waals surface area contributed by atoms with Gasteiger partial charge >= 0.3 is 0 Å². The number of ether oxygens (including phenoxy) is 1. The summed E-state index contributed by atoms with van der Waals surface area (Å²) in [5.74, 6) is 0.844. The summed E-state index contributed by atoms with van der Waals surface area (Å²) in [6.07, 6.45) is 6.28. The molecule has 2 aliphatic heterocycles. The van der Waals surface area contributed by atoms with Crippen LogP contribution in [-0.4, -0.2) is 61.3 Å². The van der Waals surface area contributed by atoms with Gasteiger partial charge in [-0.1, -0.05) is 12.1 Å². The van der Waals surface area contributed by atoms with E-state index < -0.39 is 0 Å². The molecular formula is C21H25N3O3. The number of anilines is 1. The van der Waals surface area contributed by atoms with Crippen LogP contribution in [0.1, 0.15) is 22.5 Å². The van der Waals surface area contributed by atoms with E-state index in [-0.39, 0.29) is 12.1 Å². The number of rotatable bonds is 6. The van der Waals surface area contributed by atoms with Crippen molar-refractivity contribution in [3.8, 4) is 0 Å². The SMILES string of the molecule is O=C1c2ccccc2NC(/C=C/c2ccco2)N1CCCN1CCOCC1. The Morgan fingerprint density at radius 3 is 2.78 bits per heavy atom. The molecule has 1 unspecified atom stereocenters. The van der Waals surface area contributed by atoms with Gasteiger partial charge in [-0.05, 0) is 42.8 Å². The topological polar surface area (TPSA) is 58.0 Å². The fourth-order valence-electron chi connectivity index (χ4n) is 3.57. The summed E-state index contributed by atoms with van der Waals surface area (Å²) >= 11 is 0. The number of morpholine rings is 1. The van der Waals surface area contributed by atoms with E-state index in [0.717, 1.165) is 56.3 Å². The Morgan fingerprint density at radius 1 is 1.11 bits per heavy atom. The lowest BCUT2D eigenvalue weighted by Gasteiger charge is -2.37. The second-order valence-corrected chi connectivity index (χ2v) is 6.82. The van der Waals surface area contributed by atoms with Gasteiger partial charge in [0.25, 0.3) is 5.91 Å². The van der Waals surface area contributed by atoms with Crippen molar-refractivity contribution in [1.29, 1.82) is 0 Å². The van der Waals surface area contributed by atoms with Crippen molar-refractivity contribution in [2.75, 3.05) is 44.7 Å². The maximum Gasteiger partial charge on any atom is 0.257 e. The third-order valence-electron chi connectivity index (χ3n) is 5.02. The van der Waals surface area contributed by atoms with Crippen LogP contribution in [0.4, 0.5) is 5.69 Å². The van der Waals surface area contributed by atoms with E-state index in [4.69, 9.17) is 9.15 Å². The largest absolute Gasteiger partial charge is 0.465 e. The number of carbonyl (C=O) groups is 1. The van der Waals surface area contributed by atoms with Gasteiger partial charge in [-0.2, -0.15) is 0 Å². The highest BCUT2D eigenvalue weighted by molar-refractivity contribution is 6.01. The molecule has 0 bridgehead atoms. The molecule has 0 aliphatic carbocycles. The number of nitrogens with one attached hydrogen (secondary N) is 1. The second-order valence-electron chi connectivity index (χ2n) is 6.82. The number of amides is 1. The van der Waals surface area contributed by atoms with Crippen molar-refractivity contribution in [2.45, 2.75) is 12.6 Å². The first kappa shape index (κ1) is 17.8. The van der Waals surface area contributed by atoms with Crippen LogP contribution in [0.15, 0.2) is 53.2 Å². The number of fused-ring (bicyclic) bond motifs is 1. The minimum atomic E-state index is -0.192. The first-order valence-corrected chi connectivity index (χ1v) is 9.49. The molecule has 4 rings (SSSR count). The van der Waals surface area contributed by atoms with Crippen molar-refractivity contribution in [2.24, 2.45) is 0 Å². The fraction of sp³-hybridized carbons (Fsp3) is 0.381. The lowest BCUT2D eigenvalue weighted by Crippen LogP contribution is -2.48. The maximum absolute atomic E-state index is 13.1. The molecule has 6 nitrogen and oxygen atoms in total. The van der Waals surface area contributed by atoms with Crippen molar-refractivity contribution < 1.29 is 13.9 Å². The molecule has 1 amide bonds. The van der Waals surface area contributed by atoms with E-state index in [1.165, 1.54) is 0 Å². The minimum absolute atomic E-state index is 0.0698. The molecule has 3 heterocycles. The van der Waals surface area contributed by atoms with E-state index in [9.17, 15) is 4.79 Å². The average Bonchev–Trinajstić information content (AvgIpc) is 3.23. The Labute approximate surface area is 159 Å². The third-order valence-corrected chi connectivity index (χ3v) is 5.02. The monoisotopic (exact) mass is 367 g/mol. The van der Waals surface area contributed by atoms with Gasteiger partial charge in [0.2, 0.25) is 0 Å². The van der Waals surface area contributed by atoms with Crippen molar-refractivity contribution in [1.82, 2.24) is 9.80 Å². The lowest BCUT2D eigenvalue weighted by atomic mass is 10.1. The third kappa shape index (κ3) is 4.23. The molecule has 0 saturated carbocycles. The van der Waals surface area contributed by atoms with Gasteiger partial charge < -0.3 is 19.4 Å². The molecule has 1 N–H and O–H groups in total. The molecule has 27 heavy (non-hydrogen) atoms. The van der Waals surface area contributed by atoms with Crippen LogP contribution in [-0.2, 0) is 4.74 Å². The first-order valence-electron chi connectivity index (χ1n) is 9.49. The molecule has 1 atom stereocenters. The molecule has 1 fully saturated rings. The Bertz CT molecular complexity index is 782. The molecule has 2 aliphatic rings. The van der Waals surface area contributed by atoms with Crippen LogP contribution >= 0.6 is 0 Å². The molecule has 1 aromatic carbocycles. The zero-order valence-electron chi connectivity index (χ0n) is 15.3.